The molecule has 1 aromatic rings. The Kier molecular flexibility index (Phi) is 15.8. The summed E-state index contributed by atoms with van der Waals surface area (Å²) in [7, 11) is 1.64. The lowest BCUT2D eigenvalue weighted by Crippen LogP contribution is -1.91. The Morgan fingerprint density at radius 1 is 1.30 bits per heavy atom. The van der Waals surface area contributed by atoms with E-state index in [2.05, 4.69) is 18.8 Å². The van der Waals surface area contributed by atoms with Gasteiger partial charge in [0, 0.05) is 4.90 Å². The first-order valence-corrected chi connectivity index (χ1v) is 8.83. The second kappa shape index (κ2) is 15.3. The number of hydrogen-bond donors (Lipinski definition) is 0. The van der Waals surface area contributed by atoms with Crippen LogP contribution in [0.25, 0.3) is 0 Å². The third-order valence-electron chi connectivity index (χ3n) is 2.36. The van der Waals surface area contributed by atoms with Gasteiger partial charge in [0.15, 0.2) is 6.29 Å². The van der Waals surface area contributed by atoms with Gasteiger partial charge in [0.2, 0.25) is 0 Å². The predicted octanol–water partition coefficient (Wildman–Crippen LogP) is 6.06. The molecule has 0 aliphatic rings. The summed E-state index contributed by atoms with van der Waals surface area (Å²) in [5.41, 5.74) is 1.60. The first kappa shape index (κ1) is 23.7. The number of methoxy groups -OCH3 is 1. The lowest BCUT2D eigenvalue weighted by atomic mass is 10.2. The molecule has 0 amide bonds. The van der Waals surface area contributed by atoms with E-state index in [1.807, 2.05) is 45.9 Å². The Hall–Kier alpha value is -1.55. The van der Waals surface area contributed by atoms with Crippen molar-refractivity contribution in [3.05, 3.63) is 35.5 Å². The molecule has 0 spiro atoms. The quantitative estimate of drug-likeness (QED) is 0.220. The molecular weight excluding hydrogens is 306 g/mol. The minimum Gasteiger partial charge on any atom is -0.497 e. The third-order valence-corrected chi connectivity index (χ3v) is 3.40. The van der Waals surface area contributed by atoms with E-state index in [0.29, 0.717) is 5.70 Å². The van der Waals surface area contributed by atoms with Crippen molar-refractivity contribution >= 4 is 23.1 Å². The van der Waals surface area contributed by atoms with Crippen LogP contribution in [0.15, 0.2) is 39.9 Å². The first-order chi connectivity index (χ1) is 11.0. The Bertz CT molecular complexity index is 508. The van der Waals surface area contributed by atoms with Crippen LogP contribution >= 0.6 is 11.8 Å². The molecule has 0 aromatic heterocycles. The van der Waals surface area contributed by atoms with Crippen molar-refractivity contribution in [1.29, 1.82) is 0 Å². The number of hydrogen-bond acceptors (Lipinski definition) is 4. The molecule has 0 N–H and O–H groups in total. The van der Waals surface area contributed by atoms with E-state index in [1.165, 1.54) is 18.2 Å². The molecule has 23 heavy (non-hydrogen) atoms. The van der Waals surface area contributed by atoms with Crippen molar-refractivity contribution in [3.63, 3.8) is 0 Å². The first-order valence-electron chi connectivity index (χ1n) is 8.01. The van der Waals surface area contributed by atoms with E-state index in [-0.39, 0.29) is 0 Å². The molecule has 1 aromatic carbocycles. The fourth-order valence-electron chi connectivity index (χ4n) is 1.34. The minimum atomic E-state index is 0.445. The van der Waals surface area contributed by atoms with E-state index in [9.17, 15) is 4.79 Å². The van der Waals surface area contributed by atoms with Crippen LogP contribution in [0.3, 0.4) is 0 Å². The fraction of sp³-hybridized carbons (Fsp3) is 0.474. The van der Waals surface area contributed by atoms with Gasteiger partial charge in [-0.05, 0) is 38.5 Å². The highest BCUT2D eigenvalue weighted by Gasteiger charge is 2.04. The van der Waals surface area contributed by atoms with Crippen LogP contribution in [0.5, 0.6) is 5.75 Å². The van der Waals surface area contributed by atoms with Gasteiger partial charge >= 0.3 is 0 Å². The Balaban J connectivity index is 0. The number of benzene rings is 1. The molecule has 0 aliphatic heterocycles. The molecule has 0 bridgehead atoms. The summed E-state index contributed by atoms with van der Waals surface area (Å²) in [6, 6.07) is 5.90. The van der Waals surface area contributed by atoms with E-state index >= 15 is 0 Å². The van der Waals surface area contributed by atoms with Gasteiger partial charge in [-0.1, -0.05) is 58.0 Å². The number of aldehydes is 1. The van der Waals surface area contributed by atoms with Gasteiger partial charge in [0.1, 0.15) is 5.75 Å². The highest BCUT2D eigenvalue weighted by molar-refractivity contribution is 8.14. The van der Waals surface area contributed by atoms with E-state index < -0.39 is 0 Å². The lowest BCUT2D eigenvalue weighted by molar-refractivity contribution is -0.104. The number of aryl methyl sites for hydroxylation is 1. The summed E-state index contributed by atoms with van der Waals surface area (Å²) in [6.45, 7) is 14.0. The van der Waals surface area contributed by atoms with Gasteiger partial charge < -0.3 is 4.74 Å². The maximum Gasteiger partial charge on any atom is 0.168 e. The molecular formula is C19H31NO2S. The molecule has 130 valence electrons. The molecule has 0 fully saturated rings. The average molecular weight is 338 g/mol. The van der Waals surface area contributed by atoms with Gasteiger partial charge in [-0.2, -0.15) is 0 Å². The average Bonchev–Trinajstić information content (AvgIpc) is 2.57. The van der Waals surface area contributed by atoms with Gasteiger partial charge in [0.05, 0.1) is 17.9 Å². The standard InChI is InChI=1S/C14H17NO2S.C3H8.C2H6/c1-5-12(9-16)15-11(3)18-14-8-13(17-4)7-6-10(14)2;1-3-2;1-2/h5-9H,1-4H3;3H2,1-2H3;1-2H3/b12-5-,15-11?;;. The molecule has 4 heteroatoms. The van der Waals surface area contributed by atoms with E-state index in [4.69, 9.17) is 4.74 Å². The van der Waals surface area contributed by atoms with Crippen LogP contribution in [-0.2, 0) is 4.79 Å². The van der Waals surface area contributed by atoms with Crippen molar-refractivity contribution in [2.24, 2.45) is 4.99 Å². The highest BCUT2D eigenvalue weighted by Crippen LogP contribution is 2.28. The zero-order valence-electron chi connectivity index (χ0n) is 15.8. The number of carbonyl (C=O) groups is 1. The van der Waals surface area contributed by atoms with Crippen molar-refractivity contribution in [2.75, 3.05) is 7.11 Å². The molecule has 0 heterocycles. The van der Waals surface area contributed by atoms with Crippen LogP contribution in [0.2, 0.25) is 0 Å². The van der Waals surface area contributed by atoms with Gasteiger partial charge in [-0.3, -0.25) is 4.79 Å². The van der Waals surface area contributed by atoms with Gasteiger partial charge in [-0.15, -0.1) is 0 Å². The number of aliphatic imine (C=N–C) groups is 1. The minimum absolute atomic E-state index is 0.445. The number of carbonyl (C=O) groups excluding carboxylic acids is 1. The lowest BCUT2D eigenvalue weighted by Gasteiger charge is -2.07. The van der Waals surface area contributed by atoms with Gasteiger partial charge in [-0.25, -0.2) is 4.99 Å². The molecule has 0 saturated carbocycles. The summed E-state index contributed by atoms with van der Waals surface area (Å²) in [4.78, 5) is 16.0. The zero-order chi connectivity index (χ0) is 18.3. The maximum absolute atomic E-state index is 10.7. The Morgan fingerprint density at radius 3 is 2.30 bits per heavy atom. The molecule has 0 radical (unpaired) electrons. The van der Waals surface area contributed by atoms with Crippen LogP contribution in [-0.4, -0.2) is 18.4 Å². The molecule has 0 unspecified atom stereocenters. The number of nitrogens with zero attached hydrogens (tertiary/aromatic N) is 1. The second-order valence-corrected chi connectivity index (χ2v) is 5.64. The monoisotopic (exact) mass is 337 g/mol. The van der Waals surface area contributed by atoms with E-state index in [0.717, 1.165) is 27.5 Å². The summed E-state index contributed by atoms with van der Waals surface area (Å²) in [6.07, 6.45) is 3.69. The summed E-state index contributed by atoms with van der Waals surface area (Å²) in [5.74, 6) is 0.817. The summed E-state index contributed by atoms with van der Waals surface area (Å²) >= 11 is 1.53. The van der Waals surface area contributed by atoms with E-state index in [1.54, 1.807) is 20.1 Å². The van der Waals surface area contributed by atoms with Crippen LogP contribution in [0.4, 0.5) is 0 Å². The van der Waals surface area contributed by atoms with Crippen LogP contribution in [0.1, 0.15) is 53.5 Å². The van der Waals surface area contributed by atoms with Crippen LogP contribution < -0.4 is 4.74 Å². The Labute approximate surface area is 146 Å². The van der Waals surface area contributed by atoms with Gasteiger partial charge in [0.25, 0.3) is 0 Å². The fourth-order valence-corrected chi connectivity index (χ4v) is 2.21. The topological polar surface area (TPSA) is 38.7 Å². The molecule has 0 saturated heterocycles. The van der Waals surface area contributed by atoms with Crippen molar-refractivity contribution < 1.29 is 9.53 Å². The summed E-state index contributed by atoms with van der Waals surface area (Å²) in [5, 5.41) is 0.826. The van der Waals surface area contributed by atoms with Crippen molar-refractivity contribution in [1.82, 2.24) is 0 Å². The molecule has 0 aliphatic carbocycles. The summed E-state index contributed by atoms with van der Waals surface area (Å²) < 4.78 is 5.19. The molecule has 3 nitrogen and oxygen atoms in total. The number of ether oxygens (including phenoxy) is 1. The Morgan fingerprint density at radius 2 is 1.87 bits per heavy atom. The molecule has 0 atom stereocenters. The van der Waals surface area contributed by atoms with Crippen molar-refractivity contribution in [2.45, 2.75) is 59.8 Å². The predicted molar refractivity (Wildman–Crippen MR) is 104 cm³/mol. The number of rotatable bonds is 4. The number of allylic oxidation sites excluding steroid dienone is 2. The smallest absolute Gasteiger partial charge is 0.168 e. The maximum atomic E-state index is 10.7. The largest absolute Gasteiger partial charge is 0.497 e. The van der Waals surface area contributed by atoms with Crippen molar-refractivity contribution in [3.8, 4) is 5.75 Å². The normalized spacial score (nSPS) is 10.8. The van der Waals surface area contributed by atoms with Crippen LogP contribution in [0, 0.1) is 6.92 Å². The molecule has 1 rings (SSSR count). The highest BCUT2D eigenvalue weighted by atomic mass is 32.2. The third kappa shape index (κ3) is 10.7. The SMILES string of the molecule is C/C=C(/C=O)N=C(C)Sc1cc(OC)ccc1C.CC.CCC. The zero-order valence-corrected chi connectivity index (χ0v) is 16.6. The second-order valence-electron chi connectivity index (χ2n) is 4.40. The number of thioether (sulfide) groups is 1.